The second-order valence-corrected chi connectivity index (χ2v) is 4.06. The van der Waals surface area contributed by atoms with Crippen LogP contribution in [0.3, 0.4) is 0 Å². The SMILES string of the molecule is CCCC(CC)[C@@H](C)C(C)C. The average Bonchev–Trinajstić information content (AvgIpc) is 1.98. The molecule has 0 aliphatic rings. The van der Waals surface area contributed by atoms with Crippen LogP contribution in [0.4, 0.5) is 0 Å². The van der Waals surface area contributed by atoms with E-state index in [9.17, 15) is 0 Å². The molecule has 0 aliphatic heterocycles. The molecule has 2 atom stereocenters. The van der Waals surface area contributed by atoms with Crippen LogP contribution in [0.1, 0.15) is 53.9 Å². The van der Waals surface area contributed by atoms with Crippen molar-refractivity contribution in [1.82, 2.24) is 0 Å². The van der Waals surface area contributed by atoms with Gasteiger partial charge in [-0.3, -0.25) is 0 Å². The molecule has 11 heavy (non-hydrogen) atoms. The van der Waals surface area contributed by atoms with E-state index in [2.05, 4.69) is 34.6 Å². The van der Waals surface area contributed by atoms with Crippen molar-refractivity contribution in [1.29, 1.82) is 0 Å². The molecule has 0 nitrogen and oxygen atoms in total. The molecule has 0 saturated carbocycles. The molecule has 0 spiro atoms. The maximum absolute atomic E-state index is 2.40. The summed E-state index contributed by atoms with van der Waals surface area (Å²) in [5.74, 6) is 2.71. The van der Waals surface area contributed by atoms with Crippen LogP contribution in [-0.4, -0.2) is 0 Å². The lowest BCUT2D eigenvalue weighted by Gasteiger charge is -2.25. The van der Waals surface area contributed by atoms with Crippen LogP contribution in [0, 0.1) is 17.8 Å². The number of hydrogen-bond acceptors (Lipinski definition) is 0. The smallest absolute Gasteiger partial charge is 0.0389 e. The van der Waals surface area contributed by atoms with Crippen LogP contribution >= 0.6 is 0 Å². The Bertz CT molecular complexity index is 84.0. The van der Waals surface area contributed by atoms with Crippen molar-refractivity contribution >= 4 is 0 Å². The highest BCUT2D eigenvalue weighted by molar-refractivity contribution is 4.67. The fourth-order valence-corrected chi connectivity index (χ4v) is 1.75. The van der Waals surface area contributed by atoms with E-state index >= 15 is 0 Å². The average molecular weight is 156 g/mol. The van der Waals surface area contributed by atoms with Gasteiger partial charge in [-0.2, -0.15) is 0 Å². The predicted molar refractivity (Wildman–Crippen MR) is 52.7 cm³/mol. The first kappa shape index (κ1) is 11.0. The summed E-state index contributed by atoms with van der Waals surface area (Å²) < 4.78 is 0. The minimum Gasteiger partial charge on any atom is -0.0654 e. The van der Waals surface area contributed by atoms with Gasteiger partial charge in [0.05, 0.1) is 0 Å². The maximum Gasteiger partial charge on any atom is -0.0389 e. The van der Waals surface area contributed by atoms with E-state index in [1.54, 1.807) is 0 Å². The van der Waals surface area contributed by atoms with Gasteiger partial charge in [0.25, 0.3) is 0 Å². The Labute approximate surface area is 72.4 Å². The Morgan fingerprint density at radius 1 is 1.00 bits per heavy atom. The van der Waals surface area contributed by atoms with Crippen molar-refractivity contribution in [2.45, 2.75) is 53.9 Å². The minimum atomic E-state index is 0.853. The molecule has 0 N–H and O–H groups in total. The Morgan fingerprint density at radius 3 is 1.82 bits per heavy atom. The molecule has 1 unspecified atom stereocenters. The highest BCUT2D eigenvalue weighted by atomic mass is 14.2. The molecule has 0 aromatic heterocycles. The van der Waals surface area contributed by atoms with E-state index in [1.165, 1.54) is 19.3 Å². The van der Waals surface area contributed by atoms with Crippen LogP contribution in [0.5, 0.6) is 0 Å². The van der Waals surface area contributed by atoms with Crippen molar-refractivity contribution in [3.63, 3.8) is 0 Å². The summed E-state index contributed by atoms with van der Waals surface area (Å²) in [6, 6.07) is 0. The summed E-state index contributed by atoms with van der Waals surface area (Å²) in [4.78, 5) is 0. The number of hydrogen-bond donors (Lipinski definition) is 0. The van der Waals surface area contributed by atoms with Crippen LogP contribution in [0.25, 0.3) is 0 Å². The molecular weight excluding hydrogens is 132 g/mol. The number of rotatable bonds is 5. The molecule has 0 aromatic rings. The summed E-state index contributed by atoms with van der Waals surface area (Å²) in [7, 11) is 0. The first-order chi connectivity index (χ1) is 5.13. The van der Waals surface area contributed by atoms with E-state index in [0.717, 1.165) is 17.8 Å². The normalized spacial score (nSPS) is 16.9. The van der Waals surface area contributed by atoms with Crippen molar-refractivity contribution in [3.8, 4) is 0 Å². The quantitative estimate of drug-likeness (QED) is 0.562. The van der Waals surface area contributed by atoms with E-state index in [1.807, 2.05) is 0 Å². The molecule has 0 bridgehead atoms. The van der Waals surface area contributed by atoms with Gasteiger partial charge in [0.15, 0.2) is 0 Å². The highest BCUT2D eigenvalue weighted by Crippen LogP contribution is 2.26. The van der Waals surface area contributed by atoms with Crippen molar-refractivity contribution in [2.75, 3.05) is 0 Å². The van der Waals surface area contributed by atoms with Gasteiger partial charge in [0.1, 0.15) is 0 Å². The predicted octanol–water partition coefficient (Wildman–Crippen LogP) is 4.10. The second-order valence-electron chi connectivity index (χ2n) is 4.06. The molecular formula is C11H24. The summed E-state index contributed by atoms with van der Waals surface area (Å²) >= 11 is 0. The lowest BCUT2D eigenvalue weighted by Crippen LogP contribution is -2.16. The van der Waals surface area contributed by atoms with Crippen LogP contribution in [-0.2, 0) is 0 Å². The summed E-state index contributed by atoms with van der Waals surface area (Å²) in [5.41, 5.74) is 0. The molecule has 0 fully saturated rings. The van der Waals surface area contributed by atoms with Gasteiger partial charge in [0, 0.05) is 0 Å². The molecule has 0 radical (unpaired) electrons. The van der Waals surface area contributed by atoms with Gasteiger partial charge in [-0.05, 0) is 17.8 Å². The molecule has 0 saturated heterocycles. The lowest BCUT2D eigenvalue weighted by atomic mass is 9.81. The molecule has 0 heteroatoms. The zero-order chi connectivity index (χ0) is 8.85. The topological polar surface area (TPSA) is 0 Å². The van der Waals surface area contributed by atoms with Gasteiger partial charge in [0.2, 0.25) is 0 Å². The molecule has 0 amide bonds. The van der Waals surface area contributed by atoms with Gasteiger partial charge in [-0.1, -0.05) is 53.9 Å². The highest BCUT2D eigenvalue weighted by Gasteiger charge is 2.16. The van der Waals surface area contributed by atoms with E-state index < -0.39 is 0 Å². The second kappa shape index (κ2) is 5.62. The third-order valence-corrected chi connectivity index (χ3v) is 2.98. The zero-order valence-corrected chi connectivity index (χ0v) is 8.85. The molecule has 0 rings (SSSR count). The molecule has 0 heterocycles. The lowest BCUT2D eigenvalue weighted by molar-refractivity contribution is 0.253. The molecule has 0 aromatic carbocycles. The fraction of sp³-hybridized carbons (Fsp3) is 1.00. The summed E-state index contributed by atoms with van der Waals surface area (Å²) in [6.07, 6.45) is 4.11. The van der Waals surface area contributed by atoms with E-state index in [4.69, 9.17) is 0 Å². The van der Waals surface area contributed by atoms with E-state index in [-0.39, 0.29) is 0 Å². The van der Waals surface area contributed by atoms with Crippen LogP contribution in [0.2, 0.25) is 0 Å². The fourth-order valence-electron chi connectivity index (χ4n) is 1.75. The Balaban J connectivity index is 3.81. The van der Waals surface area contributed by atoms with Crippen molar-refractivity contribution in [2.24, 2.45) is 17.8 Å². The third-order valence-electron chi connectivity index (χ3n) is 2.98. The van der Waals surface area contributed by atoms with Gasteiger partial charge in [-0.25, -0.2) is 0 Å². The zero-order valence-electron chi connectivity index (χ0n) is 8.85. The van der Waals surface area contributed by atoms with Crippen LogP contribution in [0.15, 0.2) is 0 Å². The Hall–Kier alpha value is 0. The summed E-state index contributed by atoms with van der Waals surface area (Å²) in [6.45, 7) is 11.7. The van der Waals surface area contributed by atoms with Gasteiger partial charge >= 0.3 is 0 Å². The van der Waals surface area contributed by atoms with Crippen molar-refractivity contribution in [3.05, 3.63) is 0 Å². The molecule has 0 aliphatic carbocycles. The first-order valence-electron chi connectivity index (χ1n) is 5.13. The Morgan fingerprint density at radius 2 is 1.55 bits per heavy atom. The van der Waals surface area contributed by atoms with Gasteiger partial charge < -0.3 is 0 Å². The maximum atomic E-state index is 2.40. The largest absolute Gasteiger partial charge is 0.0654 e. The van der Waals surface area contributed by atoms with Gasteiger partial charge in [-0.15, -0.1) is 0 Å². The first-order valence-corrected chi connectivity index (χ1v) is 5.13. The molecule has 68 valence electrons. The van der Waals surface area contributed by atoms with E-state index in [0.29, 0.717) is 0 Å². The van der Waals surface area contributed by atoms with Crippen LogP contribution < -0.4 is 0 Å². The summed E-state index contributed by atoms with van der Waals surface area (Å²) in [5, 5.41) is 0. The third kappa shape index (κ3) is 3.79. The minimum absolute atomic E-state index is 0.853. The monoisotopic (exact) mass is 156 g/mol. The standard InChI is InChI=1S/C11H24/c1-6-8-11(7-2)10(5)9(3)4/h9-11H,6-8H2,1-5H3/t10-,11?/m0/s1. The Kier molecular flexibility index (Phi) is 5.62. The van der Waals surface area contributed by atoms with Crippen molar-refractivity contribution < 1.29 is 0 Å².